The number of fused-ring (bicyclic) bond motifs is 2. The van der Waals surface area contributed by atoms with Crippen molar-refractivity contribution in [2.45, 2.75) is 12.5 Å². The van der Waals surface area contributed by atoms with Crippen molar-refractivity contribution in [3.63, 3.8) is 0 Å². The van der Waals surface area contributed by atoms with Crippen molar-refractivity contribution in [1.29, 1.82) is 0 Å². The molecule has 0 fully saturated rings. The third-order valence-corrected chi connectivity index (χ3v) is 4.93. The van der Waals surface area contributed by atoms with Gasteiger partial charge < -0.3 is 16.0 Å². The predicted octanol–water partition coefficient (Wildman–Crippen LogP) is 3.29. The quantitative estimate of drug-likeness (QED) is 0.535. The third-order valence-electron chi connectivity index (χ3n) is 3.98. The molecular weight excluding hydrogens is 320 g/mol. The topological polar surface area (TPSA) is 83.8 Å². The number of carbonyl (C=O) groups excluding carboxylic acids is 1. The van der Waals surface area contributed by atoms with Crippen molar-refractivity contribution in [2.24, 2.45) is 5.73 Å². The highest BCUT2D eigenvalue weighted by Crippen LogP contribution is 2.25. The molecule has 4 aromatic rings. The van der Waals surface area contributed by atoms with E-state index in [1.807, 2.05) is 54.7 Å². The Morgan fingerprint density at radius 2 is 2.00 bits per heavy atom. The molecule has 0 aliphatic heterocycles. The highest BCUT2D eigenvalue weighted by Gasteiger charge is 2.17. The van der Waals surface area contributed by atoms with Crippen LogP contribution in [0.25, 0.3) is 21.1 Å². The van der Waals surface area contributed by atoms with Crippen LogP contribution in [0, 0.1) is 0 Å². The molecule has 0 bridgehead atoms. The van der Waals surface area contributed by atoms with Crippen LogP contribution in [0.5, 0.6) is 0 Å². The molecule has 0 aliphatic rings. The summed E-state index contributed by atoms with van der Waals surface area (Å²) in [6.45, 7) is 0. The van der Waals surface area contributed by atoms with Gasteiger partial charge in [-0.15, -0.1) is 0 Å². The van der Waals surface area contributed by atoms with E-state index < -0.39 is 6.04 Å². The number of benzene rings is 2. The van der Waals surface area contributed by atoms with E-state index in [0.29, 0.717) is 11.6 Å². The number of aromatic nitrogens is 2. The van der Waals surface area contributed by atoms with Crippen LogP contribution < -0.4 is 11.1 Å². The number of hydrogen-bond donors (Lipinski definition) is 3. The minimum absolute atomic E-state index is 0.223. The van der Waals surface area contributed by atoms with Crippen molar-refractivity contribution >= 4 is 43.5 Å². The van der Waals surface area contributed by atoms with Gasteiger partial charge in [-0.05, 0) is 30.2 Å². The lowest BCUT2D eigenvalue weighted by molar-refractivity contribution is -0.117. The number of nitrogens with two attached hydrogens (primary N) is 1. The van der Waals surface area contributed by atoms with Crippen LogP contribution in [0.3, 0.4) is 0 Å². The van der Waals surface area contributed by atoms with Crippen molar-refractivity contribution in [3.05, 3.63) is 60.3 Å². The number of H-pyrrole nitrogens is 1. The van der Waals surface area contributed by atoms with Gasteiger partial charge >= 0.3 is 0 Å². The number of thiazole rings is 1. The van der Waals surface area contributed by atoms with E-state index in [1.54, 1.807) is 0 Å². The molecule has 0 saturated heterocycles. The second-order valence-corrected chi connectivity index (χ2v) is 6.68. The van der Waals surface area contributed by atoms with Crippen molar-refractivity contribution in [2.75, 3.05) is 5.32 Å². The molecule has 24 heavy (non-hydrogen) atoms. The van der Waals surface area contributed by atoms with Gasteiger partial charge in [-0.3, -0.25) is 4.79 Å². The first kappa shape index (κ1) is 14.9. The maximum atomic E-state index is 12.4. The number of anilines is 1. The molecule has 5 nitrogen and oxygen atoms in total. The Morgan fingerprint density at radius 3 is 2.88 bits per heavy atom. The van der Waals surface area contributed by atoms with Gasteiger partial charge in [0.25, 0.3) is 0 Å². The highest BCUT2D eigenvalue weighted by atomic mass is 32.1. The Bertz CT molecular complexity index is 987. The fraction of sp³-hybridized carbons (Fsp3) is 0.111. The molecule has 0 saturated carbocycles. The number of nitrogens with one attached hydrogen (secondary N) is 2. The molecule has 6 heteroatoms. The first-order chi connectivity index (χ1) is 11.7. The van der Waals surface area contributed by atoms with E-state index in [-0.39, 0.29) is 5.91 Å². The lowest BCUT2D eigenvalue weighted by atomic mass is 10.1. The van der Waals surface area contributed by atoms with Crippen LogP contribution in [0.15, 0.2) is 54.7 Å². The summed E-state index contributed by atoms with van der Waals surface area (Å²) < 4.78 is 1.04. The summed E-state index contributed by atoms with van der Waals surface area (Å²) in [5.41, 5.74) is 9.06. The van der Waals surface area contributed by atoms with Gasteiger partial charge in [0, 0.05) is 17.1 Å². The smallest absolute Gasteiger partial charge is 0.243 e. The summed E-state index contributed by atoms with van der Waals surface area (Å²) in [5.74, 6) is -0.223. The highest BCUT2D eigenvalue weighted by molar-refractivity contribution is 7.22. The van der Waals surface area contributed by atoms with Gasteiger partial charge in [-0.1, -0.05) is 41.7 Å². The Kier molecular flexibility index (Phi) is 3.76. The number of aromatic amines is 1. The SMILES string of the molecule is N[C@@H](Cc1c[nH]c2ccccc12)C(=O)Nc1nc2ccccc2s1. The fourth-order valence-electron chi connectivity index (χ4n) is 2.75. The van der Waals surface area contributed by atoms with E-state index in [0.717, 1.165) is 26.7 Å². The number of nitrogens with zero attached hydrogens (tertiary/aromatic N) is 1. The van der Waals surface area contributed by atoms with Gasteiger partial charge in [0.1, 0.15) is 0 Å². The molecule has 1 amide bonds. The number of para-hydroxylation sites is 2. The number of amides is 1. The fourth-order valence-corrected chi connectivity index (χ4v) is 3.62. The molecule has 0 spiro atoms. The Balaban J connectivity index is 1.49. The molecule has 2 aromatic carbocycles. The average molecular weight is 336 g/mol. The third kappa shape index (κ3) is 2.77. The summed E-state index contributed by atoms with van der Waals surface area (Å²) in [4.78, 5) is 20.0. The molecule has 120 valence electrons. The van der Waals surface area contributed by atoms with Gasteiger partial charge in [-0.25, -0.2) is 4.98 Å². The van der Waals surface area contributed by atoms with Crippen LogP contribution >= 0.6 is 11.3 Å². The van der Waals surface area contributed by atoms with Crippen LogP contribution in [0.2, 0.25) is 0 Å². The zero-order valence-corrected chi connectivity index (χ0v) is 13.6. The molecule has 0 unspecified atom stereocenters. The van der Waals surface area contributed by atoms with E-state index >= 15 is 0 Å². The second-order valence-electron chi connectivity index (χ2n) is 5.65. The van der Waals surface area contributed by atoms with Crippen LogP contribution in [-0.2, 0) is 11.2 Å². The van der Waals surface area contributed by atoms with Crippen molar-refractivity contribution in [3.8, 4) is 0 Å². The molecule has 0 radical (unpaired) electrons. The standard InChI is InChI=1S/C18H16N4OS/c19-13(9-11-10-20-14-6-2-1-5-12(11)14)17(23)22-18-21-15-7-3-4-8-16(15)24-18/h1-8,10,13,20H,9,19H2,(H,21,22,23)/t13-/m0/s1. The molecular formula is C18H16N4OS. The summed E-state index contributed by atoms with van der Waals surface area (Å²) in [5, 5.41) is 4.50. The minimum atomic E-state index is -0.629. The summed E-state index contributed by atoms with van der Waals surface area (Å²) in [6.07, 6.45) is 2.39. The van der Waals surface area contributed by atoms with E-state index in [4.69, 9.17) is 5.73 Å². The first-order valence-electron chi connectivity index (χ1n) is 7.68. The Morgan fingerprint density at radius 1 is 1.21 bits per heavy atom. The van der Waals surface area contributed by atoms with Crippen LogP contribution in [0.1, 0.15) is 5.56 Å². The maximum Gasteiger partial charge on any atom is 0.243 e. The van der Waals surface area contributed by atoms with E-state index in [1.165, 1.54) is 11.3 Å². The molecule has 0 aliphatic carbocycles. The summed E-state index contributed by atoms with van der Waals surface area (Å²) in [6, 6.07) is 15.1. The van der Waals surface area contributed by atoms with Gasteiger partial charge in [0.2, 0.25) is 5.91 Å². The number of carbonyl (C=O) groups is 1. The summed E-state index contributed by atoms with van der Waals surface area (Å²) in [7, 11) is 0. The second kappa shape index (κ2) is 6.07. The van der Waals surface area contributed by atoms with Gasteiger partial charge in [-0.2, -0.15) is 0 Å². The lowest BCUT2D eigenvalue weighted by Gasteiger charge is -2.10. The van der Waals surface area contributed by atoms with Crippen molar-refractivity contribution < 1.29 is 4.79 Å². The predicted molar refractivity (Wildman–Crippen MR) is 98.2 cm³/mol. The normalized spacial score (nSPS) is 12.5. The molecule has 2 aromatic heterocycles. The molecule has 4 N–H and O–H groups in total. The number of hydrogen-bond acceptors (Lipinski definition) is 4. The first-order valence-corrected chi connectivity index (χ1v) is 8.49. The minimum Gasteiger partial charge on any atom is -0.361 e. The zero-order valence-electron chi connectivity index (χ0n) is 12.8. The zero-order chi connectivity index (χ0) is 16.5. The average Bonchev–Trinajstić information content (AvgIpc) is 3.18. The number of rotatable bonds is 4. The van der Waals surface area contributed by atoms with Crippen molar-refractivity contribution in [1.82, 2.24) is 9.97 Å². The van der Waals surface area contributed by atoms with Crippen LogP contribution in [0.4, 0.5) is 5.13 Å². The van der Waals surface area contributed by atoms with E-state index in [9.17, 15) is 4.79 Å². The van der Waals surface area contributed by atoms with Gasteiger partial charge in [0.15, 0.2) is 5.13 Å². The Hall–Kier alpha value is -2.70. The molecule has 2 heterocycles. The lowest BCUT2D eigenvalue weighted by Crippen LogP contribution is -2.37. The Labute approximate surface area is 142 Å². The van der Waals surface area contributed by atoms with E-state index in [2.05, 4.69) is 15.3 Å². The van der Waals surface area contributed by atoms with Gasteiger partial charge in [0.05, 0.1) is 16.3 Å². The van der Waals surface area contributed by atoms with Crippen LogP contribution in [-0.4, -0.2) is 21.9 Å². The molecule has 1 atom stereocenters. The monoisotopic (exact) mass is 336 g/mol. The molecule has 4 rings (SSSR count). The largest absolute Gasteiger partial charge is 0.361 e. The summed E-state index contributed by atoms with van der Waals surface area (Å²) >= 11 is 1.45. The maximum absolute atomic E-state index is 12.4.